The predicted octanol–water partition coefficient (Wildman–Crippen LogP) is 4.17. The van der Waals surface area contributed by atoms with E-state index in [0.29, 0.717) is 18.0 Å². The Balaban J connectivity index is 1.89. The van der Waals surface area contributed by atoms with Crippen molar-refractivity contribution in [3.8, 4) is 5.75 Å². The molecule has 0 heterocycles. The molecule has 2 aromatic carbocycles. The van der Waals surface area contributed by atoms with Gasteiger partial charge in [0.2, 0.25) is 11.8 Å². The van der Waals surface area contributed by atoms with Gasteiger partial charge in [-0.15, -0.1) is 11.8 Å². The van der Waals surface area contributed by atoms with Crippen LogP contribution >= 0.6 is 11.8 Å². The van der Waals surface area contributed by atoms with Crippen molar-refractivity contribution in [3.05, 3.63) is 60.2 Å². The number of hydrogen-bond acceptors (Lipinski definition) is 5. The molecule has 8 heteroatoms. The largest absolute Gasteiger partial charge is 0.494 e. The number of carboxylic acids is 1. The number of aliphatic carboxylic acids is 1. The van der Waals surface area contributed by atoms with E-state index in [4.69, 9.17) is 9.84 Å². The van der Waals surface area contributed by atoms with E-state index >= 15 is 0 Å². The molecule has 7 nitrogen and oxygen atoms in total. The average molecular weight is 429 g/mol. The Hall–Kier alpha value is -3.26. The number of carboxylic acid groups (broad SMARTS) is 1. The van der Waals surface area contributed by atoms with Crippen LogP contribution in [0.25, 0.3) is 0 Å². The van der Waals surface area contributed by atoms with Gasteiger partial charge in [0.25, 0.3) is 0 Å². The van der Waals surface area contributed by atoms with Crippen LogP contribution in [-0.4, -0.2) is 34.7 Å². The third-order valence-corrected chi connectivity index (χ3v) is 5.03. The Morgan fingerprint density at radius 2 is 1.60 bits per heavy atom. The maximum absolute atomic E-state index is 12.4. The lowest BCUT2D eigenvalue weighted by atomic mass is 10.2. The Morgan fingerprint density at radius 1 is 1.03 bits per heavy atom. The van der Waals surface area contributed by atoms with Gasteiger partial charge < -0.3 is 20.5 Å². The van der Waals surface area contributed by atoms with E-state index in [1.807, 2.05) is 13.8 Å². The first-order valence-electron chi connectivity index (χ1n) is 9.31. The molecule has 30 heavy (non-hydrogen) atoms. The van der Waals surface area contributed by atoms with Gasteiger partial charge in [-0.25, -0.2) is 4.79 Å². The van der Waals surface area contributed by atoms with Crippen molar-refractivity contribution in [3.63, 3.8) is 0 Å². The van der Waals surface area contributed by atoms with Gasteiger partial charge in [0, 0.05) is 27.9 Å². The van der Waals surface area contributed by atoms with Crippen molar-refractivity contribution in [1.82, 2.24) is 0 Å². The van der Waals surface area contributed by atoms with Crippen molar-refractivity contribution < 1.29 is 24.2 Å². The standard InChI is InChI=1S/C22H24N2O5S/c1-4-29-18-9-5-17(6-10-18)24-21(26)15(3)30-19-11-7-16(8-12-19)23-20(25)13-14(2)22(27)28/h5-13,15H,4H2,1-3H3,(H,23,25)(H,24,26)(H,27,28)/b14-13-. The van der Waals surface area contributed by atoms with E-state index in [0.717, 1.165) is 16.7 Å². The predicted molar refractivity (Wildman–Crippen MR) is 118 cm³/mol. The van der Waals surface area contributed by atoms with Crippen LogP contribution in [0.2, 0.25) is 0 Å². The molecule has 0 spiro atoms. The summed E-state index contributed by atoms with van der Waals surface area (Å²) in [6, 6.07) is 14.1. The lowest BCUT2D eigenvalue weighted by Crippen LogP contribution is -2.22. The number of thioether (sulfide) groups is 1. The molecular formula is C22H24N2O5S. The van der Waals surface area contributed by atoms with Crippen LogP contribution in [-0.2, 0) is 14.4 Å². The second kappa shape index (κ2) is 11.1. The fraction of sp³-hybridized carbons (Fsp3) is 0.227. The minimum absolute atomic E-state index is 0.0490. The Morgan fingerprint density at radius 3 is 2.17 bits per heavy atom. The molecular weight excluding hydrogens is 404 g/mol. The summed E-state index contributed by atoms with van der Waals surface area (Å²) in [6.45, 7) is 5.65. The smallest absolute Gasteiger partial charge is 0.331 e. The Bertz CT molecular complexity index is 924. The van der Waals surface area contributed by atoms with Crippen LogP contribution in [0.3, 0.4) is 0 Å². The molecule has 0 saturated carbocycles. The molecule has 2 rings (SSSR count). The molecule has 0 aliphatic rings. The van der Waals surface area contributed by atoms with Gasteiger partial charge in [-0.3, -0.25) is 9.59 Å². The number of anilines is 2. The summed E-state index contributed by atoms with van der Waals surface area (Å²) < 4.78 is 5.38. The molecule has 0 fully saturated rings. The molecule has 158 valence electrons. The van der Waals surface area contributed by atoms with E-state index in [2.05, 4.69) is 10.6 Å². The molecule has 0 aliphatic carbocycles. The van der Waals surface area contributed by atoms with Crippen molar-refractivity contribution in [1.29, 1.82) is 0 Å². The normalized spacial score (nSPS) is 12.0. The lowest BCUT2D eigenvalue weighted by Gasteiger charge is -2.13. The first-order valence-corrected chi connectivity index (χ1v) is 10.2. The second-order valence-electron chi connectivity index (χ2n) is 6.35. The Kier molecular flexibility index (Phi) is 8.49. The van der Waals surface area contributed by atoms with Gasteiger partial charge in [0.1, 0.15) is 5.75 Å². The number of hydrogen-bond donors (Lipinski definition) is 3. The average Bonchev–Trinajstić information content (AvgIpc) is 2.71. The summed E-state index contributed by atoms with van der Waals surface area (Å²) >= 11 is 1.39. The van der Waals surface area contributed by atoms with E-state index in [-0.39, 0.29) is 16.7 Å². The van der Waals surface area contributed by atoms with Crippen LogP contribution in [0.15, 0.2) is 65.1 Å². The van der Waals surface area contributed by atoms with Crippen LogP contribution in [0, 0.1) is 0 Å². The highest BCUT2D eigenvalue weighted by molar-refractivity contribution is 8.00. The van der Waals surface area contributed by atoms with Crippen LogP contribution in [0.4, 0.5) is 11.4 Å². The molecule has 0 aromatic heterocycles. The summed E-state index contributed by atoms with van der Waals surface area (Å²) in [4.78, 5) is 35.8. The monoisotopic (exact) mass is 428 g/mol. The van der Waals surface area contributed by atoms with Crippen molar-refractivity contribution in [2.24, 2.45) is 0 Å². The number of carbonyl (C=O) groups is 3. The second-order valence-corrected chi connectivity index (χ2v) is 7.77. The van der Waals surface area contributed by atoms with Gasteiger partial charge in [-0.1, -0.05) is 0 Å². The van der Waals surface area contributed by atoms with Crippen LogP contribution in [0.5, 0.6) is 5.75 Å². The first kappa shape index (κ1) is 23.0. The molecule has 0 aliphatic heterocycles. The number of rotatable bonds is 9. The quantitative estimate of drug-likeness (QED) is 0.409. The number of amides is 2. The SMILES string of the molecule is CCOc1ccc(NC(=O)C(C)Sc2ccc(NC(=O)/C=C(/C)C(=O)O)cc2)cc1. The van der Waals surface area contributed by atoms with Crippen LogP contribution in [0.1, 0.15) is 20.8 Å². The summed E-state index contributed by atoms with van der Waals surface area (Å²) in [5.74, 6) is -1.04. The van der Waals surface area contributed by atoms with Crippen LogP contribution < -0.4 is 15.4 Å². The molecule has 3 N–H and O–H groups in total. The van der Waals surface area contributed by atoms with E-state index in [9.17, 15) is 14.4 Å². The molecule has 2 aromatic rings. The fourth-order valence-electron chi connectivity index (χ4n) is 2.36. The highest BCUT2D eigenvalue weighted by atomic mass is 32.2. The minimum atomic E-state index is -1.14. The zero-order chi connectivity index (χ0) is 22.1. The third kappa shape index (κ3) is 7.29. The maximum Gasteiger partial charge on any atom is 0.331 e. The third-order valence-electron chi connectivity index (χ3n) is 3.92. The van der Waals surface area contributed by atoms with Gasteiger partial charge in [-0.2, -0.15) is 0 Å². The van der Waals surface area contributed by atoms with E-state index in [1.165, 1.54) is 18.7 Å². The minimum Gasteiger partial charge on any atom is -0.494 e. The first-order chi connectivity index (χ1) is 14.3. The van der Waals surface area contributed by atoms with E-state index < -0.39 is 11.9 Å². The fourth-order valence-corrected chi connectivity index (χ4v) is 3.22. The molecule has 0 saturated heterocycles. The molecule has 0 radical (unpaired) electrons. The number of benzene rings is 2. The number of carbonyl (C=O) groups excluding carboxylic acids is 2. The summed E-state index contributed by atoms with van der Waals surface area (Å²) in [7, 11) is 0. The number of nitrogens with one attached hydrogen (secondary N) is 2. The molecule has 0 bridgehead atoms. The van der Waals surface area contributed by atoms with Gasteiger partial charge in [-0.05, 0) is 69.3 Å². The van der Waals surface area contributed by atoms with Crippen molar-refractivity contribution >= 4 is 40.9 Å². The molecule has 2 amide bonds. The van der Waals surface area contributed by atoms with E-state index in [1.54, 1.807) is 48.5 Å². The van der Waals surface area contributed by atoms with Crippen molar-refractivity contribution in [2.75, 3.05) is 17.2 Å². The van der Waals surface area contributed by atoms with Gasteiger partial charge >= 0.3 is 5.97 Å². The highest BCUT2D eigenvalue weighted by Gasteiger charge is 2.15. The topological polar surface area (TPSA) is 105 Å². The van der Waals surface area contributed by atoms with Gasteiger partial charge in [0.05, 0.1) is 11.9 Å². The molecule has 1 atom stereocenters. The maximum atomic E-state index is 12.4. The zero-order valence-electron chi connectivity index (χ0n) is 17.0. The lowest BCUT2D eigenvalue weighted by molar-refractivity contribution is -0.132. The van der Waals surface area contributed by atoms with Gasteiger partial charge in [0.15, 0.2) is 0 Å². The summed E-state index contributed by atoms with van der Waals surface area (Å²) in [5.41, 5.74) is 1.18. The summed E-state index contributed by atoms with van der Waals surface area (Å²) in [6.07, 6.45) is 1.03. The summed E-state index contributed by atoms with van der Waals surface area (Å²) in [5, 5.41) is 13.9. The molecule has 1 unspecified atom stereocenters. The van der Waals surface area contributed by atoms with Crippen molar-refractivity contribution in [2.45, 2.75) is 30.9 Å². The number of ether oxygens (including phenoxy) is 1. The zero-order valence-corrected chi connectivity index (χ0v) is 17.8. The highest BCUT2D eigenvalue weighted by Crippen LogP contribution is 2.26. The Labute approximate surface area is 179 Å².